The first-order valence-corrected chi connectivity index (χ1v) is 7.16. The molecule has 0 heterocycles. The molecule has 0 amide bonds. The third kappa shape index (κ3) is 5.52. The van der Waals surface area contributed by atoms with Crippen LogP contribution < -0.4 is 4.90 Å². The Balaban J connectivity index is 2.75. The lowest BCUT2D eigenvalue weighted by Gasteiger charge is -2.30. The molecule has 1 N–H and O–H groups in total. The van der Waals surface area contributed by atoms with Crippen molar-refractivity contribution in [3.05, 3.63) is 29.3 Å². The third-order valence-electron chi connectivity index (χ3n) is 3.22. The molecule has 4 heteroatoms. The highest BCUT2D eigenvalue weighted by atomic mass is 35.5. The molecule has 1 atom stereocenters. The van der Waals surface area contributed by atoms with Gasteiger partial charge in [0.15, 0.2) is 0 Å². The van der Waals surface area contributed by atoms with Gasteiger partial charge in [0.25, 0.3) is 0 Å². The Bertz CT molecular complexity index is 392. The molecule has 0 saturated carbocycles. The number of carboxylic acid groups (broad SMARTS) is 1. The maximum absolute atomic E-state index is 11.0. The zero-order valence-corrected chi connectivity index (χ0v) is 12.4. The van der Waals surface area contributed by atoms with Crippen molar-refractivity contribution in [2.45, 2.75) is 45.6 Å². The highest BCUT2D eigenvalue weighted by Gasteiger charge is 2.17. The monoisotopic (exact) mass is 283 g/mol. The van der Waals surface area contributed by atoms with Gasteiger partial charge in [-0.15, -0.1) is 0 Å². The molecule has 1 unspecified atom stereocenters. The standard InChI is InChI=1S/C15H22ClNO2/c1-3-4-5-6-12(2)17(11-15(18)19)14-9-7-13(16)8-10-14/h7-10,12H,3-6,11H2,1-2H3,(H,18,19). The second-order valence-electron chi connectivity index (χ2n) is 4.84. The van der Waals surface area contributed by atoms with Crippen molar-refractivity contribution in [2.75, 3.05) is 11.4 Å². The zero-order valence-electron chi connectivity index (χ0n) is 11.6. The largest absolute Gasteiger partial charge is 0.480 e. The highest BCUT2D eigenvalue weighted by molar-refractivity contribution is 6.30. The molecule has 0 aliphatic heterocycles. The van der Waals surface area contributed by atoms with Gasteiger partial charge in [0, 0.05) is 16.8 Å². The molecule has 1 aromatic carbocycles. The van der Waals surface area contributed by atoms with E-state index in [2.05, 4.69) is 13.8 Å². The lowest BCUT2D eigenvalue weighted by molar-refractivity contribution is -0.135. The van der Waals surface area contributed by atoms with E-state index in [1.807, 2.05) is 17.0 Å². The van der Waals surface area contributed by atoms with Gasteiger partial charge >= 0.3 is 5.97 Å². The van der Waals surface area contributed by atoms with Gasteiger partial charge in [0.1, 0.15) is 6.54 Å². The van der Waals surface area contributed by atoms with Gasteiger partial charge < -0.3 is 10.0 Å². The Hall–Kier alpha value is -1.22. The Morgan fingerprint density at radius 1 is 1.32 bits per heavy atom. The normalized spacial score (nSPS) is 12.2. The molecule has 0 bridgehead atoms. The molecule has 106 valence electrons. The van der Waals surface area contributed by atoms with Gasteiger partial charge in [-0.1, -0.05) is 37.8 Å². The van der Waals surface area contributed by atoms with Crippen molar-refractivity contribution >= 4 is 23.3 Å². The van der Waals surface area contributed by atoms with Crippen molar-refractivity contribution in [3.8, 4) is 0 Å². The number of carboxylic acids is 1. The van der Waals surface area contributed by atoms with Gasteiger partial charge in [0.05, 0.1) is 0 Å². The summed E-state index contributed by atoms with van der Waals surface area (Å²) in [6.07, 6.45) is 4.49. The summed E-state index contributed by atoms with van der Waals surface area (Å²) in [5, 5.41) is 9.72. The quantitative estimate of drug-likeness (QED) is 0.727. The average Bonchev–Trinajstić information content (AvgIpc) is 2.37. The van der Waals surface area contributed by atoms with E-state index >= 15 is 0 Å². The number of rotatable bonds is 8. The van der Waals surface area contributed by atoms with Crippen LogP contribution >= 0.6 is 11.6 Å². The van der Waals surface area contributed by atoms with Crippen LogP contribution in [0.1, 0.15) is 39.5 Å². The maximum Gasteiger partial charge on any atom is 0.323 e. The summed E-state index contributed by atoms with van der Waals surface area (Å²) in [7, 11) is 0. The topological polar surface area (TPSA) is 40.5 Å². The van der Waals surface area contributed by atoms with E-state index in [9.17, 15) is 4.79 Å². The van der Waals surface area contributed by atoms with Crippen LogP contribution in [0.25, 0.3) is 0 Å². The molecule has 0 spiro atoms. The number of benzene rings is 1. The molecular weight excluding hydrogens is 262 g/mol. The fourth-order valence-electron chi connectivity index (χ4n) is 2.13. The maximum atomic E-state index is 11.0. The van der Waals surface area contributed by atoms with Crippen LogP contribution in [0.3, 0.4) is 0 Å². The van der Waals surface area contributed by atoms with Gasteiger partial charge in [-0.05, 0) is 37.6 Å². The summed E-state index contributed by atoms with van der Waals surface area (Å²) < 4.78 is 0. The average molecular weight is 284 g/mol. The molecule has 1 rings (SSSR count). The Kier molecular flexibility index (Phi) is 6.71. The minimum atomic E-state index is -0.808. The number of halogens is 1. The predicted octanol–water partition coefficient (Wildman–Crippen LogP) is 4.20. The predicted molar refractivity (Wildman–Crippen MR) is 80.0 cm³/mol. The van der Waals surface area contributed by atoms with Gasteiger partial charge in [-0.2, -0.15) is 0 Å². The van der Waals surface area contributed by atoms with E-state index in [0.717, 1.165) is 18.5 Å². The van der Waals surface area contributed by atoms with Crippen molar-refractivity contribution in [1.82, 2.24) is 0 Å². The van der Waals surface area contributed by atoms with Crippen molar-refractivity contribution in [3.63, 3.8) is 0 Å². The first kappa shape index (κ1) is 15.8. The SMILES string of the molecule is CCCCCC(C)N(CC(=O)O)c1ccc(Cl)cc1. The molecule has 0 aliphatic rings. The van der Waals surface area contributed by atoms with Crippen LogP contribution in [0.5, 0.6) is 0 Å². The van der Waals surface area contributed by atoms with Crippen molar-refractivity contribution in [1.29, 1.82) is 0 Å². The lowest BCUT2D eigenvalue weighted by Crippen LogP contribution is -2.37. The van der Waals surface area contributed by atoms with E-state index in [-0.39, 0.29) is 12.6 Å². The first-order valence-electron chi connectivity index (χ1n) is 6.78. The van der Waals surface area contributed by atoms with Crippen LogP contribution in [0.15, 0.2) is 24.3 Å². The summed E-state index contributed by atoms with van der Waals surface area (Å²) >= 11 is 5.87. The molecule has 0 aromatic heterocycles. The van der Waals surface area contributed by atoms with Crippen LogP contribution in [-0.4, -0.2) is 23.7 Å². The highest BCUT2D eigenvalue weighted by Crippen LogP contribution is 2.22. The van der Waals surface area contributed by atoms with Gasteiger partial charge in [-0.25, -0.2) is 0 Å². The minimum absolute atomic E-state index is 0.0227. The number of anilines is 1. The van der Waals surface area contributed by atoms with Crippen LogP contribution in [0, 0.1) is 0 Å². The fraction of sp³-hybridized carbons (Fsp3) is 0.533. The summed E-state index contributed by atoms with van der Waals surface area (Å²) in [5.74, 6) is -0.808. The smallest absolute Gasteiger partial charge is 0.323 e. The fourth-order valence-corrected chi connectivity index (χ4v) is 2.25. The Morgan fingerprint density at radius 2 is 1.95 bits per heavy atom. The molecule has 1 aromatic rings. The second-order valence-corrected chi connectivity index (χ2v) is 5.28. The number of nitrogens with zero attached hydrogens (tertiary/aromatic N) is 1. The number of hydrogen-bond donors (Lipinski definition) is 1. The van der Waals surface area contributed by atoms with Gasteiger partial charge in [-0.3, -0.25) is 4.79 Å². The molecule has 0 radical (unpaired) electrons. The number of hydrogen-bond acceptors (Lipinski definition) is 2. The number of aliphatic carboxylic acids is 1. The molecule has 0 saturated heterocycles. The Morgan fingerprint density at radius 3 is 2.47 bits per heavy atom. The zero-order chi connectivity index (χ0) is 14.3. The van der Waals surface area contributed by atoms with E-state index in [4.69, 9.17) is 16.7 Å². The molecular formula is C15H22ClNO2. The third-order valence-corrected chi connectivity index (χ3v) is 3.47. The lowest BCUT2D eigenvalue weighted by atomic mass is 10.1. The van der Waals surface area contributed by atoms with Crippen molar-refractivity contribution in [2.24, 2.45) is 0 Å². The first-order chi connectivity index (χ1) is 9.04. The van der Waals surface area contributed by atoms with E-state index in [1.165, 1.54) is 12.8 Å². The number of carbonyl (C=O) groups is 1. The van der Waals surface area contributed by atoms with E-state index < -0.39 is 5.97 Å². The van der Waals surface area contributed by atoms with E-state index in [1.54, 1.807) is 12.1 Å². The second kappa shape index (κ2) is 8.05. The molecule has 19 heavy (non-hydrogen) atoms. The minimum Gasteiger partial charge on any atom is -0.480 e. The molecule has 0 fully saturated rings. The molecule has 3 nitrogen and oxygen atoms in total. The van der Waals surface area contributed by atoms with Crippen molar-refractivity contribution < 1.29 is 9.90 Å². The summed E-state index contributed by atoms with van der Waals surface area (Å²) in [5.41, 5.74) is 0.913. The van der Waals surface area contributed by atoms with E-state index in [0.29, 0.717) is 5.02 Å². The van der Waals surface area contributed by atoms with Crippen LogP contribution in [0.4, 0.5) is 5.69 Å². The summed E-state index contributed by atoms with van der Waals surface area (Å²) in [6.45, 7) is 4.26. The summed E-state index contributed by atoms with van der Waals surface area (Å²) in [4.78, 5) is 12.9. The number of unbranched alkanes of at least 4 members (excludes halogenated alkanes) is 2. The van der Waals surface area contributed by atoms with Crippen LogP contribution in [0.2, 0.25) is 5.02 Å². The van der Waals surface area contributed by atoms with Crippen LogP contribution in [-0.2, 0) is 4.79 Å². The Labute approximate surface area is 120 Å². The molecule has 0 aliphatic carbocycles. The van der Waals surface area contributed by atoms with Gasteiger partial charge in [0.2, 0.25) is 0 Å². The summed E-state index contributed by atoms with van der Waals surface area (Å²) in [6, 6.07) is 7.56.